The number of ether oxygens (including phenoxy) is 1. The molecule has 10 nitrogen and oxygen atoms in total. The van der Waals surface area contributed by atoms with Crippen LogP contribution >= 0.6 is 0 Å². The van der Waals surface area contributed by atoms with Gasteiger partial charge in [0.1, 0.15) is 12.2 Å². The average molecular weight is 347 g/mol. The minimum Gasteiger partial charge on any atom is -0.382 e. The monoisotopic (exact) mass is 347 g/mol. The lowest BCUT2D eigenvalue weighted by molar-refractivity contribution is -0.324. The highest BCUT2D eigenvalue weighted by Gasteiger charge is 2.79. The van der Waals surface area contributed by atoms with Gasteiger partial charge in [-0.2, -0.15) is 0 Å². The van der Waals surface area contributed by atoms with Gasteiger partial charge < -0.3 is 30.3 Å². The van der Waals surface area contributed by atoms with Crippen LogP contribution < -0.4 is 0 Å². The lowest BCUT2D eigenvalue weighted by Crippen LogP contribution is -2.85. The lowest BCUT2D eigenvalue weighted by Gasteiger charge is -2.56. The molecule has 0 bridgehead atoms. The van der Waals surface area contributed by atoms with Crippen LogP contribution in [0, 0.1) is 6.29 Å². The SMILES string of the molecule is CC(=O)C(O)[C@H]1O[C](O)[C@@](O)(C(C)=O)[C@](O)(C(C)=O)[C@@]1(O)C(C)=O. The van der Waals surface area contributed by atoms with Crippen LogP contribution in [0.25, 0.3) is 0 Å². The molecule has 0 aromatic carbocycles. The maximum atomic E-state index is 12.0. The van der Waals surface area contributed by atoms with Crippen molar-refractivity contribution in [3.63, 3.8) is 0 Å². The van der Waals surface area contributed by atoms with Gasteiger partial charge in [-0.25, -0.2) is 0 Å². The Morgan fingerprint density at radius 3 is 1.71 bits per heavy atom. The summed E-state index contributed by atoms with van der Waals surface area (Å²) < 4.78 is 4.66. The number of rotatable bonds is 5. The molecule has 0 saturated carbocycles. The molecule has 10 heteroatoms. The molecule has 1 aliphatic rings. The molecule has 0 aromatic heterocycles. The van der Waals surface area contributed by atoms with E-state index in [9.17, 15) is 44.7 Å². The molecule has 0 aromatic rings. The van der Waals surface area contributed by atoms with E-state index >= 15 is 0 Å². The van der Waals surface area contributed by atoms with E-state index in [1.54, 1.807) is 0 Å². The van der Waals surface area contributed by atoms with Gasteiger partial charge in [0.15, 0.2) is 28.7 Å². The van der Waals surface area contributed by atoms with Crippen molar-refractivity contribution in [1.29, 1.82) is 0 Å². The third-order valence-electron chi connectivity index (χ3n) is 4.29. The van der Waals surface area contributed by atoms with Crippen molar-refractivity contribution in [1.82, 2.24) is 0 Å². The fourth-order valence-corrected chi connectivity index (χ4v) is 2.82. The quantitative estimate of drug-likeness (QED) is 0.348. The average Bonchev–Trinajstić information content (AvgIpc) is 2.46. The van der Waals surface area contributed by atoms with E-state index in [-0.39, 0.29) is 0 Å². The maximum absolute atomic E-state index is 12.0. The van der Waals surface area contributed by atoms with Crippen molar-refractivity contribution in [3.05, 3.63) is 6.29 Å². The Balaban J connectivity index is 3.86. The summed E-state index contributed by atoms with van der Waals surface area (Å²) in [7, 11) is 0. The summed E-state index contributed by atoms with van der Waals surface area (Å²) >= 11 is 0. The van der Waals surface area contributed by atoms with Gasteiger partial charge in [-0.1, -0.05) is 0 Å². The summed E-state index contributed by atoms with van der Waals surface area (Å²) in [6.07, 6.45) is -6.24. The van der Waals surface area contributed by atoms with E-state index in [4.69, 9.17) is 0 Å². The molecule has 1 aliphatic heterocycles. The van der Waals surface area contributed by atoms with Crippen molar-refractivity contribution in [2.45, 2.75) is 56.7 Å². The molecule has 1 radical (unpaired) electrons. The zero-order chi connectivity index (χ0) is 19.2. The molecule has 1 saturated heterocycles. The van der Waals surface area contributed by atoms with Gasteiger partial charge in [0.2, 0.25) is 11.2 Å². The first-order chi connectivity index (χ1) is 10.7. The van der Waals surface area contributed by atoms with Crippen LogP contribution in [0.5, 0.6) is 0 Å². The highest BCUT2D eigenvalue weighted by atomic mass is 16.7. The first kappa shape index (κ1) is 20.5. The fourth-order valence-electron chi connectivity index (χ4n) is 2.82. The fraction of sp³-hybridized carbons (Fsp3) is 0.643. The highest BCUT2D eigenvalue weighted by Crippen LogP contribution is 2.49. The number of Topliss-reactive ketones (excluding diaryl/α,β-unsaturated/α-hetero) is 4. The Bertz CT molecular complexity index is 600. The minimum atomic E-state index is -3.61. The van der Waals surface area contributed by atoms with Gasteiger partial charge in [-0.05, 0) is 27.7 Å². The summed E-state index contributed by atoms with van der Waals surface area (Å²) in [6, 6.07) is 0. The second-order valence-corrected chi connectivity index (χ2v) is 5.75. The normalized spacial score (nSPS) is 38.5. The highest BCUT2D eigenvalue weighted by molar-refractivity contribution is 6.06. The largest absolute Gasteiger partial charge is 0.382 e. The van der Waals surface area contributed by atoms with Crippen molar-refractivity contribution in [3.8, 4) is 0 Å². The summed E-state index contributed by atoms with van der Waals surface area (Å²) in [5.74, 6) is -5.33. The molecular weight excluding hydrogens is 328 g/mol. The van der Waals surface area contributed by atoms with E-state index < -0.39 is 58.4 Å². The summed E-state index contributed by atoms with van der Waals surface area (Å²) in [5, 5.41) is 51.6. The van der Waals surface area contributed by atoms with E-state index in [1.807, 2.05) is 0 Å². The number of hydrogen-bond donors (Lipinski definition) is 5. The number of carbonyl (C=O) groups excluding carboxylic acids is 4. The van der Waals surface area contributed by atoms with Crippen molar-refractivity contribution in [2.75, 3.05) is 0 Å². The predicted octanol–water partition coefficient (Wildman–Crippen LogP) is -2.84. The molecule has 1 heterocycles. The summed E-state index contributed by atoms with van der Waals surface area (Å²) in [5.41, 5.74) is -10.5. The molecule has 1 fully saturated rings. The van der Waals surface area contributed by atoms with Gasteiger partial charge in [-0.15, -0.1) is 0 Å². The second kappa shape index (κ2) is 6.06. The molecule has 5 N–H and O–H groups in total. The van der Waals surface area contributed by atoms with E-state index in [0.717, 1.165) is 6.92 Å². The van der Waals surface area contributed by atoms with Gasteiger partial charge in [0.25, 0.3) is 6.29 Å². The Morgan fingerprint density at radius 2 is 1.42 bits per heavy atom. The molecule has 0 aliphatic carbocycles. The maximum Gasteiger partial charge on any atom is 0.266 e. The molecule has 1 unspecified atom stereocenters. The van der Waals surface area contributed by atoms with Crippen LogP contribution in [0.15, 0.2) is 0 Å². The first-order valence-corrected chi connectivity index (χ1v) is 6.82. The van der Waals surface area contributed by atoms with Gasteiger partial charge in [-0.3, -0.25) is 19.2 Å². The Hall–Kier alpha value is -1.56. The summed E-state index contributed by atoms with van der Waals surface area (Å²) in [4.78, 5) is 47.2. The zero-order valence-electron chi connectivity index (χ0n) is 13.4. The van der Waals surface area contributed by atoms with E-state index in [2.05, 4.69) is 4.74 Å². The van der Waals surface area contributed by atoms with Crippen LogP contribution in [0.1, 0.15) is 27.7 Å². The molecule has 0 spiro atoms. The molecular formula is C14H19O10. The van der Waals surface area contributed by atoms with Crippen LogP contribution in [-0.2, 0) is 23.9 Å². The zero-order valence-corrected chi connectivity index (χ0v) is 13.4. The predicted molar refractivity (Wildman–Crippen MR) is 73.6 cm³/mol. The number of aliphatic hydroxyl groups excluding tert-OH is 2. The topological polar surface area (TPSA) is 179 Å². The van der Waals surface area contributed by atoms with Gasteiger partial charge in [0, 0.05) is 0 Å². The molecule has 135 valence electrons. The van der Waals surface area contributed by atoms with Crippen LogP contribution in [0.4, 0.5) is 0 Å². The summed E-state index contributed by atoms with van der Waals surface area (Å²) in [6.45, 7) is 2.83. The number of aliphatic hydroxyl groups is 5. The first-order valence-electron chi connectivity index (χ1n) is 6.82. The lowest BCUT2D eigenvalue weighted by atomic mass is 9.60. The molecule has 5 atom stereocenters. The number of hydrogen-bond acceptors (Lipinski definition) is 10. The smallest absolute Gasteiger partial charge is 0.266 e. The van der Waals surface area contributed by atoms with E-state index in [0.29, 0.717) is 20.8 Å². The van der Waals surface area contributed by atoms with Crippen molar-refractivity contribution < 1.29 is 49.4 Å². The molecule has 1 rings (SSSR count). The third-order valence-corrected chi connectivity index (χ3v) is 4.29. The van der Waals surface area contributed by atoms with Crippen molar-refractivity contribution in [2.24, 2.45) is 0 Å². The van der Waals surface area contributed by atoms with Gasteiger partial charge >= 0.3 is 0 Å². The Kier molecular flexibility index (Phi) is 5.17. The Labute approximate surface area is 136 Å². The number of carbonyl (C=O) groups is 4. The Morgan fingerprint density at radius 1 is 0.958 bits per heavy atom. The minimum absolute atomic E-state index is 0.637. The molecule has 24 heavy (non-hydrogen) atoms. The van der Waals surface area contributed by atoms with Crippen molar-refractivity contribution >= 4 is 23.1 Å². The van der Waals surface area contributed by atoms with Gasteiger partial charge in [0.05, 0.1) is 0 Å². The van der Waals surface area contributed by atoms with E-state index in [1.165, 1.54) is 0 Å². The van der Waals surface area contributed by atoms with Crippen LogP contribution in [-0.4, -0.2) is 77.7 Å². The second-order valence-electron chi connectivity index (χ2n) is 5.75. The standard InChI is InChI=1S/C14H19O10/c1-5(15)9(19)10-12(21,6(2)16)14(23,8(4)18)13(22,7(3)17)11(20)24-10/h9-10,19-23H,1-4H3/t9?,10-,12-,13+,14+/m1/s1. The van der Waals surface area contributed by atoms with Crippen LogP contribution in [0.3, 0.4) is 0 Å². The third kappa shape index (κ3) is 2.26. The van der Waals surface area contributed by atoms with Crippen LogP contribution in [0.2, 0.25) is 0 Å². The number of ketones is 4. The molecule has 0 amide bonds.